The molecule has 29 heavy (non-hydrogen) atoms. The Kier molecular flexibility index (Phi) is 5.09. The van der Waals surface area contributed by atoms with Crippen molar-refractivity contribution in [3.05, 3.63) is 70.6 Å². The molecule has 0 atom stereocenters. The summed E-state index contributed by atoms with van der Waals surface area (Å²) in [5.74, 6) is 1.41. The molecule has 0 unspecified atom stereocenters. The van der Waals surface area contributed by atoms with Gasteiger partial charge in [-0.3, -0.25) is 9.89 Å². The SMILES string of the molecule is COc1ccc(C(=O)Cc2n[nH]c(=S)n3nc(-c4ccc(OC)cc4)cc23)cc1. The average Bonchev–Trinajstić information content (AvgIpc) is 3.22. The fraction of sp³-hybridized carbons (Fsp3) is 0.143. The van der Waals surface area contributed by atoms with E-state index in [0.29, 0.717) is 27.3 Å². The van der Waals surface area contributed by atoms with E-state index in [4.69, 9.17) is 21.7 Å². The quantitative estimate of drug-likeness (QED) is 0.386. The molecule has 0 aliphatic rings. The number of nitrogens with one attached hydrogen (secondary N) is 1. The highest BCUT2D eigenvalue weighted by molar-refractivity contribution is 7.71. The van der Waals surface area contributed by atoms with E-state index in [9.17, 15) is 4.79 Å². The van der Waals surface area contributed by atoms with Crippen LogP contribution in [0.2, 0.25) is 0 Å². The number of nitrogens with zero attached hydrogens (tertiary/aromatic N) is 3. The summed E-state index contributed by atoms with van der Waals surface area (Å²) in [4.78, 5) is 12.7. The number of H-pyrrole nitrogens is 1. The third-order valence-electron chi connectivity index (χ3n) is 4.61. The fourth-order valence-electron chi connectivity index (χ4n) is 3.03. The highest BCUT2D eigenvalue weighted by Gasteiger charge is 2.15. The van der Waals surface area contributed by atoms with E-state index in [2.05, 4.69) is 15.3 Å². The van der Waals surface area contributed by atoms with Gasteiger partial charge in [0.05, 0.1) is 37.5 Å². The van der Waals surface area contributed by atoms with E-state index in [0.717, 1.165) is 17.0 Å². The zero-order valence-corrected chi connectivity index (χ0v) is 16.7. The first kappa shape index (κ1) is 18.8. The van der Waals surface area contributed by atoms with Crippen molar-refractivity contribution in [3.8, 4) is 22.8 Å². The van der Waals surface area contributed by atoms with Gasteiger partial charge < -0.3 is 9.47 Å². The Morgan fingerprint density at radius 1 is 1.03 bits per heavy atom. The lowest BCUT2D eigenvalue weighted by Crippen LogP contribution is -2.09. The highest BCUT2D eigenvalue weighted by atomic mass is 32.1. The molecule has 0 aliphatic heterocycles. The number of aromatic nitrogens is 4. The molecule has 0 radical (unpaired) electrons. The number of benzene rings is 2. The number of carbonyl (C=O) groups is 1. The van der Waals surface area contributed by atoms with E-state index in [1.165, 1.54) is 0 Å². The largest absolute Gasteiger partial charge is 0.497 e. The van der Waals surface area contributed by atoms with Gasteiger partial charge in [-0.1, -0.05) is 0 Å². The summed E-state index contributed by atoms with van der Waals surface area (Å²) >= 11 is 5.31. The number of aromatic amines is 1. The van der Waals surface area contributed by atoms with E-state index >= 15 is 0 Å². The van der Waals surface area contributed by atoms with Crippen molar-refractivity contribution in [2.45, 2.75) is 6.42 Å². The molecule has 0 saturated carbocycles. The molecule has 146 valence electrons. The summed E-state index contributed by atoms with van der Waals surface area (Å²) < 4.78 is 12.3. The number of fused-ring (bicyclic) bond motifs is 1. The van der Waals surface area contributed by atoms with Gasteiger partial charge in [-0.25, -0.2) is 4.52 Å². The molecule has 0 aliphatic carbocycles. The second-order valence-corrected chi connectivity index (χ2v) is 6.75. The number of carbonyl (C=O) groups excluding carboxylic acids is 1. The number of rotatable bonds is 6. The van der Waals surface area contributed by atoms with Gasteiger partial charge in [-0.05, 0) is 66.8 Å². The number of hydrogen-bond donors (Lipinski definition) is 1. The summed E-state index contributed by atoms with van der Waals surface area (Å²) in [7, 11) is 3.21. The minimum absolute atomic E-state index is 0.0558. The summed E-state index contributed by atoms with van der Waals surface area (Å²) in [6.07, 6.45) is 0.121. The number of ketones is 1. The van der Waals surface area contributed by atoms with Crippen LogP contribution in [-0.4, -0.2) is 39.8 Å². The standard InChI is InChI=1S/C21H18N4O3S/c1-27-15-7-3-13(4-8-15)17-11-19-18(22-23-21(29)25(19)24-17)12-20(26)14-5-9-16(28-2)10-6-14/h3-11H,12H2,1-2H3,(H,23,29). The minimum Gasteiger partial charge on any atom is -0.497 e. The minimum atomic E-state index is -0.0558. The first-order chi connectivity index (χ1) is 14.1. The van der Waals surface area contributed by atoms with Crippen molar-refractivity contribution in [2.75, 3.05) is 14.2 Å². The lowest BCUT2D eigenvalue weighted by molar-refractivity contribution is 0.0992. The van der Waals surface area contributed by atoms with Crippen molar-refractivity contribution in [2.24, 2.45) is 0 Å². The molecule has 0 spiro atoms. The lowest BCUT2D eigenvalue weighted by atomic mass is 10.1. The van der Waals surface area contributed by atoms with Gasteiger partial charge in [0.15, 0.2) is 5.78 Å². The van der Waals surface area contributed by atoms with E-state index in [1.54, 1.807) is 43.0 Å². The van der Waals surface area contributed by atoms with E-state index < -0.39 is 0 Å². The Balaban J connectivity index is 1.69. The molecule has 4 aromatic rings. The molecule has 8 heteroatoms. The van der Waals surface area contributed by atoms with Crippen molar-refractivity contribution >= 4 is 23.5 Å². The van der Waals surface area contributed by atoms with Gasteiger partial charge in [-0.2, -0.15) is 10.2 Å². The Hall–Kier alpha value is -3.52. The molecule has 2 heterocycles. The first-order valence-corrected chi connectivity index (χ1v) is 9.29. The van der Waals surface area contributed by atoms with Gasteiger partial charge in [0, 0.05) is 11.1 Å². The Morgan fingerprint density at radius 3 is 2.28 bits per heavy atom. The number of ether oxygens (including phenoxy) is 2. The molecule has 2 aromatic carbocycles. The number of Topliss-reactive ketones (excluding diaryl/α,β-unsaturated/α-hetero) is 1. The first-order valence-electron chi connectivity index (χ1n) is 8.88. The summed E-state index contributed by atoms with van der Waals surface area (Å²) in [6, 6.07) is 16.5. The fourth-order valence-corrected chi connectivity index (χ4v) is 3.21. The van der Waals surface area contributed by atoms with Crippen LogP contribution in [0, 0.1) is 4.77 Å². The molecular weight excluding hydrogens is 388 g/mol. The van der Waals surface area contributed by atoms with Crippen LogP contribution in [0.3, 0.4) is 0 Å². The molecule has 4 rings (SSSR count). The predicted molar refractivity (Wildman–Crippen MR) is 111 cm³/mol. The van der Waals surface area contributed by atoms with Crippen LogP contribution >= 0.6 is 12.2 Å². The van der Waals surface area contributed by atoms with Crippen molar-refractivity contribution in [1.82, 2.24) is 19.8 Å². The lowest BCUT2D eigenvalue weighted by Gasteiger charge is -2.04. The molecule has 0 amide bonds. The molecule has 0 saturated heterocycles. The van der Waals surface area contributed by atoms with Crippen LogP contribution in [0.4, 0.5) is 0 Å². The summed E-state index contributed by atoms with van der Waals surface area (Å²) in [6.45, 7) is 0. The summed E-state index contributed by atoms with van der Waals surface area (Å²) in [5.41, 5.74) is 3.51. The number of hydrogen-bond acceptors (Lipinski definition) is 6. The maximum absolute atomic E-state index is 12.7. The highest BCUT2D eigenvalue weighted by Crippen LogP contribution is 2.24. The van der Waals surface area contributed by atoms with Crippen LogP contribution in [0.15, 0.2) is 54.6 Å². The normalized spacial score (nSPS) is 10.8. The third-order valence-corrected chi connectivity index (χ3v) is 4.87. The zero-order chi connectivity index (χ0) is 20.4. The smallest absolute Gasteiger partial charge is 0.215 e. The Labute approximate surface area is 171 Å². The third kappa shape index (κ3) is 3.74. The second kappa shape index (κ2) is 7.84. The second-order valence-electron chi connectivity index (χ2n) is 6.36. The van der Waals surface area contributed by atoms with Gasteiger partial charge in [0.1, 0.15) is 11.5 Å². The maximum Gasteiger partial charge on any atom is 0.215 e. The van der Waals surface area contributed by atoms with Gasteiger partial charge in [0.2, 0.25) is 4.77 Å². The molecule has 1 N–H and O–H groups in total. The van der Waals surface area contributed by atoms with Crippen LogP contribution < -0.4 is 9.47 Å². The maximum atomic E-state index is 12.7. The Morgan fingerprint density at radius 2 is 1.66 bits per heavy atom. The molecule has 0 bridgehead atoms. The van der Waals surface area contributed by atoms with Crippen LogP contribution in [0.5, 0.6) is 11.5 Å². The van der Waals surface area contributed by atoms with Crippen LogP contribution in [0.1, 0.15) is 16.1 Å². The van der Waals surface area contributed by atoms with Gasteiger partial charge in [-0.15, -0.1) is 0 Å². The Bertz CT molecular complexity index is 1230. The predicted octanol–water partition coefficient (Wildman–Crippen LogP) is 3.90. The van der Waals surface area contributed by atoms with Crippen LogP contribution in [0.25, 0.3) is 16.8 Å². The van der Waals surface area contributed by atoms with E-state index in [1.807, 2.05) is 30.3 Å². The molecule has 2 aromatic heterocycles. The van der Waals surface area contributed by atoms with E-state index in [-0.39, 0.29) is 12.2 Å². The summed E-state index contributed by atoms with van der Waals surface area (Å²) in [5, 5.41) is 11.6. The van der Waals surface area contributed by atoms with Crippen LogP contribution in [-0.2, 0) is 6.42 Å². The zero-order valence-electron chi connectivity index (χ0n) is 15.9. The van der Waals surface area contributed by atoms with Gasteiger partial charge in [0.25, 0.3) is 0 Å². The number of methoxy groups -OCH3 is 2. The van der Waals surface area contributed by atoms with Crippen molar-refractivity contribution in [3.63, 3.8) is 0 Å². The van der Waals surface area contributed by atoms with Crippen molar-refractivity contribution < 1.29 is 14.3 Å². The monoisotopic (exact) mass is 406 g/mol. The average molecular weight is 406 g/mol. The molecule has 0 fully saturated rings. The molecule has 7 nitrogen and oxygen atoms in total. The molecular formula is C21H18N4O3S. The topological polar surface area (TPSA) is 81.5 Å². The van der Waals surface area contributed by atoms with Crippen molar-refractivity contribution in [1.29, 1.82) is 0 Å². The van der Waals surface area contributed by atoms with Gasteiger partial charge >= 0.3 is 0 Å².